The van der Waals surface area contributed by atoms with Crippen molar-refractivity contribution in [2.24, 2.45) is 5.92 Å². The van der Waals surface area contributed by atoms with Crippen LogP contribution in [0.3, 0.4) is 0 Å². The smallest absolute Gasteiger partial charge is 0.321 e. The maximum atomic E-state index is 13.8. The number of rotatable bonds is 7. The van der Waals surface area contributed by atoms with E-state index >= 15 is 0 Å². The van der Waals surface area contributed by atoms with E-state index in [-0.39, 0.29) is 60.7 Å². The number of carbonyl (C=O) groups excluding carboxylic acids is 3. The van der Waals surface area contributed by atoms with Crippen molar-refractivity contribution >= 4 is 50.8 Å². The first-order chi connectivity index (χ1) is 21.7. The number of nitrogens with one attached hydrogen (secondary N) is 2. The van der Waals surface area contributed by atoms with E-state index in [9.17, 15) is 19.5 Å². The molecule has 2 aliphatic rings. The lowest BCUT2D eigenvalue weighted by molar-refractivity contribution is 0.0372. The molecule has 3 atom stereocenters. The Kier molecular flexibility index (Phi) is 8.46. The highest BCUT2D eigenvalue weighted by atomic mass is 32.1. The van der Waals surface area contributed by atoms with Crippen LogP contribution in [0.1, 0.15) is 34.0 Å². The minimum absolute atomic E-state index is 0.127. The summed E-state index contributed by atoms with van der Waals surface area (Å²) in [4.78, 5) is 47.9. The van der Waals surface area contributed by atoms with Crippen molar-refractivity contribution in [3.05, 3.63) is 71.2 Å². The summed E-state index contributed by atoms with van der Waals surface area (Å²) in [6.45, 7) is 4.03. The zero-order valence-corrected chi connectivity index (χ0v) is 25.8. The molecule has 0 radical (unpaired) electrons. The fourth-order valence-corrected chi connectivity index (χ4v) is 6.11. The molecule has 0 saturated carbocycles. The third-order valence-electron chi connectivity index (χ3n) is 7.85. The SMILES string of the molecule is C[C@@H]1CN([C@@H](C)CO)C(=O)c2cccc(NC(=O)c3nc4ccccc4s3)c2O[C@@H]1CN(C)C(=O)Nc1ccc2c(c1)OCO2. The minimum Gasteiger partial charge on any atom is -0.485 e. The van der Waals surface area contributed by atoms with Gasteiger partial charge in [0.15, 0.2) is 22.3 Å². The van der Waals surface area contributed by atoms with E-state index in [2.05, 4.69) is 15.6 Å². The number of aromatic nitrogens is 1. The molecule has 45 heavy (non-hydrogen) atoms. The molecule has 3 aromatic carbocycles. The fourth-order valence-electron chi connectivity index (χ4n) is 5.25. The fraction of sp³-hybridized carbons (Fsp3) is 0.312. The molecule has 6 rings (SSSR count). The third-order valence-corrected chi connectivity index (χ3v) is 8.89. The lowest BCUT2D eigenvalue weighted by atomic mass is 9.99. The highest BCUT2D eigenvalue weighted by Gasteiger charge is 2.35. The molecule has 0 aliphatic carbocycles. The van der Waals surface area contributed by atoms with Gasteiger partial charge >= 0.3 is 6.03 Å². The third kappa shape index (κ3) is 6.22. The first-order valence-corrected chi connectivity index (χ1v) is 15.3. The molecule has 13 heteroatoms. The second-order valence-electron chi connectivity index (χ2n) is 11.1. The molecule has 0 bridgehead atoms. The molecule has 0 saturated heterocycles. The van der Waals surface area contributed by atoms with E-state index in [0.717, 1.165) is 4.70 Å². The highest BCUT2D eigenvalue weighted by Crippen LogP contribution is 2.36. The second kappa shape index (κ2) is 12.6. The lowest BCUT2D eigenvalue weighted by Gasteiger charge is -2.38. The number of hydrogen-bond acceptors (Lipinski definition) is 9. The average Bonchev–Trinajstić information content (AvgIpc) is 3.69. The van der Waals surface area contributed by atoms with Gasteiger partial charge < -0.3 is 39.8 Å². The maximum Gasteiger partial charge on any atom is 0.321 e. The Morgan fingerprint density at radius 2 is 1.91 bits per heavy atom. The van der Waals surface area contributed by atoms with Crippen molar-refractivity contribution < 1.29 is 33.7 Å². The van der Waals surface area contributed by atoms with Crippen molar-refractivity contribution in [2.75, 3.05) is 44.2 Å². The van der Waals surface area contributed by atoms with Crippen LogP contribution in [0, 0.1) is 5.92 Å². The number of hydrogen-bond donors (Lipinski definition) is 3. The Labute approximate surface area is 263 Å². The molecule has 4 amide bonds. The second-order valence-corrected chi connectivity index (χ2v) is 12.2. The van der Waals surface area contributed by atoms with Crippen LogP contribution in [0.2, 0.25) is 0 Å². The number of ether oxygens (including phenoxy) is 3. The largest absolute Gasteiger partial charge is 0.485 e. The van der Waals surface area contributed by atoms with E-state index in [1.165, 1.54) is 16.2 Å². The van der Waals surface area contributed by atoms with Crippen molar-refractivity contribution in [1.29, 1.82) is 0 Å². The van der Waals surface area contributed by atoms with Crippen LogP contribution in [-0.4, -0.2) is 83.4 Å². The minimum atomic E-state index is -0.585. The van der Waals surface area contributed by atoms with E-state index in [4.69, 9.17) is 14.2 Å². The Hall–Kier alpha value is -4.88. The van der Waals surface area contributed by atoms with Gasteiger partial charge in [-0.1, -0.05) is 25.1 Å². The molecule has 0 fully saturated rings. The first kappa shape index (κ1) is 30.2. The van der Waals surface area contributed by atoms with Gasteiger partial charge in [0.05, 0.1) is 40.7 Å². The Morgan fingerprint density at radius 1 is 1.11 bits per heavy atom. The van der Waals surface area contributed by atoms with Gasteiger partial charge in [-0.3, -0.25) is 9.59 Å². The number of amides is 4. The number of aliphatic hydroxyl groups excluding tert-OH is 1. The molecule has 3 N–H and O–H groups in total. The lowest BCUT2D eigenvalue weighted by Crippen LogP contribution is -2.50. The Bertz CT molecular complexity index is 1730. The van der Waals surface area contributed by atoms with Gasteiger partial charge in [0, 0.05) is 31.3 Å². The first-order valence-electron chi connectivity index (χ1n) is 14.5. The van der Waals surface area contributed by atoms with Gasteiger partial charge in [0.25, 0.3) is 11.8 Å². The Morgan fingerprint density at radius 3 is 2.71 bits per heavy atom. The molecule has 2 aliphatic heterocycles. The molecule has 234 valence electrons. The van der Waals surface area contributed by atoms with Gasteiger partial charge in [-0.15, -0.1) is 11.3 Å². The van der Waals surface area contributed by atoms with Crippen LogP contribution in [0.25, 0.3) is 10.2 Å². The number of fused-ring (bicyclic) bond motifs is 3. The van der Waals surface area contributed by atoms with Gasteiger partial charge in [-0.05, 0) is 43.3 Å². The highest BCUT2D eigenvalue weighted by molar-refractivity contribution is 7.20. The molecule has 4 aromatic rings. The maximum absolute atomic E-state index is 13.8. The molecule has 1 aromatic heterocycles. The summed E-state index contributed by atoms with van der Waals surface area (Å²) in [6, 6.07) is 16.7. The summed E-state index contributed by atoms with van der Waals surface area (Å²) in [5.41, 5.74) is 1.79. The monoisotopic (exact) mass is 631 g/mol. The topological polar surface area (TPSA) is 143 Å². The van der Waals surface area contributed by atoms with E-state index in [1.54, 1.807) is 55.3 Å². The summed E-state index contributed by atoms with van der Waals surface area (Å²) in [5, 5.41) is 16.0. The van der Waals surface area contributed by atoms with Gasteiger partial charge in [0.1, 0.15) is 6.10 Å². The molecule has 0 spiro atoms. The van der Waals surface area contributed by atoms with Crippen molar-refractivity contribution in [3.63, 3.8) is 0 Å². The van der Waals surface area contributed by atoms with Gasteiger partial charge in [-0.2, -0.15) is 0 Å². The van der Waals surface area contributed by atoms with Crippen molar-refractivity contribution in [3.8, 4) is 17.2 Å². The number of likely N-dealkylation sites (N-methyl/N-ethyl adjacent to an activating group) is 1. The molecular weight excluding hydrogens is 598 g/mol. The summed E-state index contributed by atoms with van der Waals surface area (Å²) >= 11 is 1.26. The number of para-hydroxylation sites is 2. The average molecular weight is 632 g/mol. The normalized spacial score (nSPS) is 18.0. The molecule has 3 heterocycles. The van der Waals surface area contributed by atoms with Gasteiger partial charge in [0.2, 0.25) is 6.79 Å². The van der Waals surface area contributed by atoms with E-state index in [0.29, 0.717) is 28.4 Å². The number of nitrogens with zero attached hydrogens (tertiary/aromatic N) is 3. The van der Waals surface area contributed by atoms with Crippen molar-refractivity contribution in [1.82, 2.24) is 14.8 Å². The number of benzene rings is 3. The van der Waals surface area contributed by atoms with Gasteiger partial charge in [-0.25, -0.2) is 9.78 Å². The van der Waals surface area contributed by atoms with Crippen molar-refractivity contribution in [2.45, 2.75) is 26.0 Å². The van der Waals surface area contributed by atoms with Crippen LogP contribution < -0.4 is 24.8 Å². The van der Waals surface area contributed by atoms with Crippen LogP contribution in [0.15, 0.2) is 60.7 Å². The number of thiazole rings is 1. The van der Waals surface area contributed by atoms with E-state index in [1.807, 2.05) is 31.2 Å². The summed E-state index contributed by atoms with van der Waals surface area (Å²) in [5.74, 6) is 0.319. The van der Waals surface area contributed by atoms with E-state index < -0.39 is 18.1 Å². The van der Waals surface area contributed by atoms with Crippen LogP contribution in [-0.2, 0) is 0 Å². The predicted molar refractivity (Wildman–Crippen MR) is 169 cm³/mol. The zero-order valence-electron chi connectivity index (χ0n) is 25.0. The molecular formula is C32H33N5O7S. The number of carbonyl (C=O) groups is 3. The van der Waals surface area contributed by atoms with Crippen LogP contribution >= 0.6 is 11.3 Å². The number of anilines is 2. The summed E-state index contributed by atoms with van der Waals surface area (Å²) < 4.78 is 18.2. The summed E-state index contributed by atoms with van der Waals surface area (Å²) in [7, 11) is 1.65. The zero-order chi connectivity index (χ0) is 31.7. The molecule has 12 nitrogen and oxygen atoms in total. The standard InChI is InChI=1S/C32H33N5O7S/c1-18-14-37(19(2)16-38)31(40)21-7-6-9-23(34-29(39)30-35-22-8-4-5-10-27(22)45-30)28(21)44-26(18)15-36(3)32(41)33-20-11-12-24-25(13-20)43-17-42-24/h4-13,18-19,26,38H,14-17H2,1-3H3,(H,33,41)(H,34,39)/t18-,19+,26-/m1/s1. The number of aliphatic hydroxyl groups is 1. The Balaban J connectivity index is 1.27. The number of urea groups is 1. The quantitative estimate of drug-likeness (QED) is 0.267. The molecule has 0 unspecified atom stereocenters. The van der Waals surface area contributed by atoms with Crippen LogP contribution in [0.4, 0.5) is 16.2 Å². The predicted octanol–water partition coefficient (Wildman–Crippen LogP) is 4.66. The summed E-state index contributed by atoms with van der Waals surface area (Å²) in [6.07, 6.45) is -0.585. The van der Waals surface area contributed by atoms with Crippen LogP contribution in [0.5, 0.6) is 17.2 Å².